The lowest BCUT2D eigenvalue weighted by atomic mass is 10.2. The number of nitrogens with two attached hydrogens (primary N) is 1. The minimum absolute atomic E-state index is 0.0509. The Hall–Kier alpha value is -2.17. The van der Waals surface area contributed by atoms with Crippen LogP contribution in [-0.2, 0) is 0 Å². The Morgan fingerprint density at radius 1 is 1.43 bits per heavy atom. The van der Waals surface area contributed by atoms with Gasteiger partial charge in [0.1, 0.15) is 0 Å². The molecule has 14 heavy (non-hydrogen) atoms. The number of hydrogen-bond donors (Lipinski definition) is 3. The number of amides is 2. The minimum atomic E-state index is -0.721. The van der Waals surface area contributed by atoms with E-state index in [-0.39, 0.29) is 5.88 Å². The summed E-state index contributed by atoms with van der Waals surface area (Å²) in [5.74, 6) is -0.0509. The number of aromatic hydroxyl groups is 1. The van der Waals surface area contributed by atoms with Crippen LogP contribution in [0, 0.1) is 0 Å². The zero-order valence-corrected chi connectivity index (χ0v) is 7.27. The summed E-state index contributed by atoms with van der Waals surface area (Å²) in [5.41, 5.74) is 7.96. The van der Waals surface area contributed by atoms with Crippen molar-refractivity contribution in [3.63, 3.8) is 0 Å². The number of benzene rings is 1. The standard InChI is InChI=1S/C9H9N3O2/c10-9(14)11-12-7-4-2-1-3-6(7)5-8(12)13/h1-5,13H,(H3,10,11,14). The van der Waals surface area contributed by atoms with Crippen molar-refractivity contribution >= 4 is 16.9 Å². The largest absolute Gasteiger partial charge is 0.493 e. The van der Waals surface area contributed by atoms with E-state index < -0.39 is 6.03 Å². The van der Waals surface area contributed by atoms with Gasteiger partial charge in [-0.1, -0.05) is 18.2 Å². The molecular weight excluding hydrogens is 182 g/mol. The maximum Gasteiger partial charge on any atom is 0.331 e. The van der Waals surface area contributed by atoms with E-state index in [4.69, 9.17) is 5.73 Å². The van der Waals surface area contributed by atoms with Crippen molar-refractivity contribution in [1.29, 1.82) is 0 Å². The van der Waals surface area contributed by atoms with E-state index in [2.05, 4.69) is 5.43 Å². The second kappa shape index (κ2) is 2.95. The van der Waals surface area contributed by atoms with Crippen molar-refractivity contribution in [2.24, 2.45) is 5.73 Å². The number of nitrogens with zero attached hydrogens (tertiary/aromatic N) is 1. The summed E-state index contributed by atoms with van der Waals surface area (Å²) in [4.78, 5) is 10.6. The summed E-state index contributed by atoms with van der Waals surface area (Å²) in [6.07, 6.45) is 0. The van der Waals surface area contributed by atoms with E-state index in [1.807, 2.05) is 12.1 Å². The highest BCUT2D eigenvalue weighted by Gasteiger charge is 2.07. The topological polar surface area (TPSA) is 80.3 Å². The molecule has 4 N–H and O–H groups in total. The lowest BCUT2D eigenvalue weighted by Gasteiger charge is -2.05. The molecule has 1 aromatic heterocycles. The molecule has 0 saturated carbocycles. The molecule has 0 atom stereocenters. The van der Waals surface area contributed by atoms with Gasteiger partial charge in [-0.3, -0.25) is 0 Å². The van der Waals surface area contributed by atoms with Crippen molar-refractivity contribution in [1.82, 2.24) is 4.68 Å². The SMILES string of the molecule is NC(=O)Nn1c(O)cc2ccccc21. The maximum atomic E-state index is 10.6. The highest BCUT2D eigenvalue weighted by Crippen LogP contribution is 2.22. The molecule has 0 aliphatic carbocycles. The van der Waals surface area contributed by atoms with Crippen LogP contribution >= 0.6 is 0 Å². The summed E-state index contributed by atoms with van der Waals surface area (Å²) in [7, 11) is 0. The molecule has 2 aromatic rings. The molecule has 0 unspecified atom stereocenters. The van der Waals surface area contributed by atoms with Gasteiger partial charge in [-0.15, -0.1) is 0 Å². The van der Waals surface area contributed by atoms with Crippen LogP contribution in [0.4, 0.5) is 4.79 Å². The number of hydrogen-bond acceptors (Lipinski definition) is 2. The number of rotatable bonds is 1. The van der Waals surface area contributed by atoms with Gasteiger partial charge in [0.25, 0.3) is 0 Å². The number of fused-ring (bicyclic) bond motifs is 1. The van der Waals surface area contributed by atoms with E-state index in [1.165, 1.54) is 4.68 Å². The van der Waals surface area contributed by atoms with Crippen molar-refractivity contribution < 1.29 is 9.90 Å². The monoisotopic (exact) mass is 191 g/mol. The lowest BCUT2D eigenvalue weighted by molar-refractivity contribution is 0.256. The highest BCUT2D eigenvalue weighted by atomic mass is 16.3. The quantitative estimate of drug-likeness (QED) is 0.627. The minimum Gasteiger partial charge on any atom is -0.493 e. The van der Waals surface area contributed by atoms with Gasteiger partial charge in [0.05, 0.1) is 5.52 Å². The fourth-order valence-corrected chi connectivity index (χ4v) is 1.37. The first-order valence-electron chi connectivity index (χ1n) is 4.04. The van der Waals surface area contributed by atoms with Crippen LogP contribution in [0.25, 0.3) is 10.9 Å². The fourth-order valence-electron chi connectivity index (χ4n) is 1.37. The van der Waals surface area contributed by atoms with Crippen LogP contribution < -0.4 is 11.2 Å². The van der Waals surface area contributed by atoms with E-state index >= 15 is 0 Å². The number of carbonyl (C=O) groups excluding carboxylic acids is 1. The average Bonchev–Trinajstić information content (AvgIpc) is 2.43. The Bertz CT molecular complexity index is 490. The summed E-state index contributed by atoms with van der Waals surface area (Å²) in [5, 5.41) is 10.3. The third-order valence-electron chi connectivity index (χ3n) is 1.91. The molecule has 2 amide bonds. The number of urea groups is 1. The number of carbonyl (C=O) groups is 1. The summed E-state index contributed by atoms with van der Waals surface area (Å²) in [6.45, 7) is 0. The third kappa shape index (κ3) is 1.24. The van der Waals surface area contributed by atoms with Gasteiger partial charge in [0.15, 0.2) is 0 Å². The van der Waals surface area contributed by atoms with E-state index in [0.717, 1.165) is 5.39 Å². The van der Waals surface area contributed by atoms with Crippen LogP contribution in [0.2, 0.25) is 0 Å². The normalized spacial score (nSPS) is 10.3. The van der Waals surface area contributed by atoms with Crippen LogP contribution in [0.5, 0.6) is 5.88 Å². The molecule has 0 radical (unpaired) electrons. The zero-order valence-electron chi connectivity index (χ0n) is 7.27. The zero-order chi connectivity index (χ0) is 10.1. The molecule has 72 valence electrons. The smallest absolute Gasteiger partial charge is 0.331 e. The maximum absolute atomic E-state index is 10.6. The van der Waals surface area contributed by atoms with Gasteiger partial charge in [-0.2, -0.15) is 0 Å². The van der Waals surface area contributed by atoms with Gasteiger partial charge < -0.3 is 10.8 Å². The molecule has 1 aromatic carbocycles. The Morgan fingerprint density at radius 2 is 2.14 bits per heavy atom. The molecule has 0 bridgehead atoms. The van der Waals surface area contributed by atoms with Gasteiger partial charge in [0.2, 0.25) is 5.88 Å². The average molecular weight is 191 g/mol. The number of nitrogens with one attached hydrogen (secondary N) is 1. The summed E-state index contributed by atoms with van der Waals surface area (Å²) < 4.78 is 1.23. The number of aromatic nitrogens is 1. The third-order valence-corrected chi connectivity index (χ3v) is 1.91. The summed E-state index contributed by atoms with van der Waals surface area (Å²) >= 11 is 0. The Balaban J connectivity index is 2.62. The Labute approximate surface area is 79.7 Å². The molecule has 5 heteroatoms. The van der Waals surface area contributed by atoms with Crippen molar-refractivity contribution in [2.45, 2.75) is 0 Å². The van der Waals surface area contributed by atoms with Crippen LogP contribution in [0.1, 0.15) is 0 Å². The first kappa shape index (κ1) is 8.43. The van der Waals surface area contributed by atoms with E-state index in [9.17, 15) is 9.90 Å². The van der Waals surface area contributed by atoms with Crippen LogP contribution in [0.3, 0.4) is 0 Å². The predicted molar refractivity (Wildman–Crippen MR) is 52.5 cm³/mol. The van der Waals surface area contributed by atoms with Gasteiger partial charge in [0, 0.05) is 11.5 Å². The lowest BCUT2D eigenvalue weighted by Crippen LogP contribution is -2.27. The number of primary amides is 1. The molecular formula is C9H9N3O2. The van der Waals surface area contributed by atoms with Gasteiger partial charge in [-0.05, 0) is 6.07 Å². The second-order valence-electron chi connectivity index (χ2n) is 2.87. The molecule has 2 rings (SSSR count). The highest BCUT2D eigenvalue weighted by molar-refractivity contribution is 5.87. The van der Waals surface area contributed by atoms with Crippen LogP contribution in [0.15, 0.2) is 30.3 Å². The first-order valence-corrected chi connectivity index (χ1v) is 4.04. The van der Waals surface area contributed by atoms with Crippen molar-refractivity contribution in [2.75, 3.05) is 5.43 Å². The Kier molecular flexibility index (Phi) is 1.78. The fraction of sp³-hybridized carbons (Fsp3) is 0. The molecule has 5 nitrogen and oxygen atoms in total. The van der Waals surface area contributed by atoms with Gasteiger partial charge >= 0.3 is 6.03 Å². The molecule has 0 aliphatic heterocycles. The predicted octanol–water partition coefficient (Wildman–Crippen LogP) is 0.969. The molecule has 0 saturated heterocycles. The second-order valence-corrected chi connectivity index (χ2v) is 2.87. The van der Waals surface area contributed by atoms with Gasteiger partial charge in [-0.25, -0.2) is 14.9 Å². The molecule has 0 aliphatic rings. The first-order chi connectivity index (χ1) is 6.68. The number of para-hydroxylation sites is 1. The summed E-state index contributed by atoms with van der Waals surface area (Å²) in [6, 6.07) is 8.07. The molecule has 0 spiro atoms. The molecule has 0 fully saturated rings. The van der Waals surface area contributed by atoms with Crippen molar-refractivity contribution in [3.8, 4) is 5.88 Å². The van der Waals surface area contributed by atoms with E-state index in [0.29, 0.717) is 5.52 Å². The molecule has 1 heterocycles. The van der Waals surface area contributed by atoms with Crippen molar-refractivity contribution in [3.05, 3.63) is 30.3 Å². The van der Waals surface area contributed by atoms with Crippen LogP contribution in [-0.4, -0.2) is 15.8 Å². The Morgan fingerprint density at radius 3 is 2.86 bits per heavy atom. The van der Waals surface area contributed by atoms with E-state index in [1.54, 1.807) is 18.2 Å².